The first-order valence-electron chi connectivity index (χ1n) is 6.79. The number of nitrogens with one attached hydrogen (secondary N) is 1. The number of amides is 1. The van der Waals surface area contributed by atoms with Crippen LogP contribution in [-0.2, 0) is 6.54 Å². The number of anilines is 1. The van der Waals surface area contributed by atoms with Crippen LogP contribution in [0.2, 0.25) is 0 Å². The van der Waals surface area contributed by atoms with Crippen LogP contribution in [0, 0.1) is 5.82 Å². The van der Waals surface area contributed by atoms with Gasteiger partial charge in [0.15, 0.2) is 0 Å². The Morgan fingerprint density at radius 1 is 1.38 bits per heavy atom. The molecule has 0 unspecified atom stereocenters. The Hall–Kier alpha value is -1.92. The number of rotatable bonds is 5. The van der Waals surface area contributed by atoms with Gasteiger partial charge in [-0.2, -0.15) is 0 Å². The normalized spacial score (nSPS) is 14.0. The monoisotopic (exact) mass is 305 g/mol. The van der Waals surface area contributed by atoms with Crippen molar-refractivity contribution in [1.82, 2.24) is 4.90 Å². The Morgan fingerprint density at radius 3 is 2.81 bits per heavy atom. The molecule has 0 saturated heterocycles. The minimum atomic E-state index is -0.518. The zero-order valence-corrected chi connectivity index (χ0v) is 12.2. The molecule has 0 aliphatic heterocycles. The molecule has 1 fully saturated rings. The summed E-state index contributed by atoms with van der Waals surface area (Å²) in [4.78, 5) is 15.7. The average molecular weight is 305 g/mol. The fourth-order valence-corrected chi connectivity index (χ4v) is 3.03. The predicted molar refractivity (Wildman–Crippen MR) is 81.4 cm³/mol. The number of para-hydroxylation sites is 1. The first-order chi connectivity index (χ1) is 10.2. The third kappa shape index (κ3) is 2.91. The van der Waals surface area contributed by atoms with Gasteiger partial charge in [-0.05, 0) is 36.4 Å². The molecule has 0 atom stereocenters. The molecule has 6 heteroatoms. The lowest BCUT2D eigenvalue weighted by atomic mass is 10.1. The van der Waals surface area contributed by atoms with E-state index in [1.54, 1.807) is 22.3 Å². The molecule has 3 rings (SSSR count). The topological polar surface area (TPSA) is 58.4 Å². The van der Waals surface area contributed by atoms with Crippen LogP contribution in [0.15, 0.2) is 35.7 Å². The van der Waals surface area contributed by atoms with Gasteiger partial charge in [-0.3, -0.25) is 10.6 Å². The largest absolute Gasteiger partial charge is 0.330 e. The van der Waals surface area contributed by atoms with Crippen LogP contribution >= 0.6 is 11.3 Å². The molecule has 21 heavy (non-hydrogen) atoms. The van der Waals surface area contributed by atoms with Crippen molar-refractivity contribution < 1.29 is 9.18 Å². The Morgan fingerprint density at radius 2 is 2.19 bits per heavy atom. The fraction of sp³-hybridized carbons (Fsp3) is 0.267. The summed E-state index contributed by atoms with van der Waals surface area (Å²) < 4.78 is 13.8. The highest BCUT2D eigenvalue weighted by molar-refractivity contribution is 7.09. The van der Waals surface area contributed by atoms with Crippen LogP contribution in [0.5, 0.6) is 0 Å². The summed E-state index contributed by atoms with van der Waals surface area (Å²) in [5, 5.41) is 1.99. The third-order valence-corrected chi connectivity index (χ3v) is 4.40. The van der Waals surface area contributed by atoms with Crippen molar-refractivity contribution in [2.24, 2.45) is 5.84 Å². The van der Waals surface area contributed by atoms with Crippen molar-refractivity contribution in [3.63, 3.8) is 0 Å². The first kappa shape index (κ1) is 14.0. The molecule has 2 aromatic rings. The number of hydrogen-bond acceptors (Lipinski definition) is 4. The quantitative estimate of drug-likeness (QED) is 0.659. The summed E-state index contributed by atoms with van der Waals surface area (Å²) in [6.45, 7) is 0.557. The van der Waals surface area contributed by atoms with E-state index in [0.29, 0.717) is 6.54 Å². The highest BCUT2D eigenvalue weighted by Crippen LogP contribution is 2.32. The summed E-state index contributed by atoms with van der Waals surface area (Å²) in [7, 11) is 0. The number of nitrogens with zero attached hydrogens (tertiary/aromatic N) is 1. The number of thiophene rings is 1. The highest BCUT2D eigenvalue weighted by atomic mass is 32.1. The van der Waals surface area contributed by atoms with Gasteiger partial charge in [0.25, 0.3) is 5.91 Å². The SMILES string of the molecule is NNc1c(F)cccc1C(=O)N(Cc1cccs1)C1CC1. The zero-order valence-electron chi connectivity index (χ0n) is 11.4. The molecule has 0 bridgehead atoms. The number of nitrogen functional groups attached to an aromatic ring is 1. The van der Waals surface area contributed by atoms with Gasteiger partial charge in [0.2, 0.25) is 0 Å². The van der Waals surface area contributed by atoms with Crippen LogP contribution in [-0.4, -0.2) is 16.8 Å². The van der Waals surface area contributed by atoms with Crippen molar-refractivity contribution in [2.45, 2.75) is 25.4 Å². The molecule has 1 saturated carbocycles. The summed E-state index contributed by atoms with van der Waals surface area (Å²) in [5.74, 6) is 4.66. The van der Waals surface area contributed by atoms with Crippen molar-refractivity contribution in [3.05, 3.63) is 52.0 Å². The lowest BCUT2D eigenvalue weighted by Crippen LogP contribution is -2.33. The maximum Gasteiger partial charge on any atom is 0.256 e. The number of hydrazine groups is 1. The van der Waals surface area contributed by atoms with Gasteiger partial charge in [-0.25, -0.2) is 4.39 Å². The van der Waals surface area contributed by atoms with Gasteiger partial charge in [-0.1, -0.05) is 12.1 Å². The number of carbonyl (C=O) groups excluding carboxylic acids is 1. The second-order valence-corrected chi connectivity index (χ2v) is 6.08. The van der Waals surface area contributed by atoms with Crippen molar-refractivity contribution >= 4 is 22.9 Å². The molecule has 1 aromatic heterocycles. The number of carbonyl (C=O) groups is 1. The van der Waals surface area contributed by atoms with Crippen LogP contribution in [0.25, 0.3) is 0 Å². The minimum Gasteiger partial charge on any atom is -0.330 e. The van der Waals surface area contributed by atoms with E-state index in [0.717, 1.165) is 17.7 Å². The Bertz CT molecular complexity index is 640. The van der Waals surface area contributed by atoms with Gasteiger partial charge >= 0.3 is 0 Å². The lowest BCUT2D eigenvalue weighted by molar-refractivity contribution is 0.0732. The van der Waals surface area contributed by atoms with Crippen LogP contribution in [0.1, 0.15) is 28.1 Å². The van der Waals surface area contributed by atoms with Crippen LogP contribution in [0.4, 0.5) is 10.1 Å². The van der Waals surface area contributed by atoms with E-state index < -0.39 is 5.82 Å². The maximum atomic E-state index is 13.8. The van der Waals surface area contributed by atoms with E-state index in [1.165, 1.54) is 12.1 Å². The van der Waals surface area contributed by atoms with Crippen LogP contribution < -0.4 is 11.3 Å². The molecule has 110 valence electrons. The minimum absolute atomic E-state index is 0.0549. The lowest BCUT2D eigenvalue weighted by Gasteiger charge is -2.23. The number of hydrogen-bond donors (Lipinski definition) is 2. The molecule has 1 aliphatic carbocycles. The Labute approximate surface area is 126 Å². The van der Waals surface area contributed by atoms with Gasteiger partial charge < -0.3 is 10.3 Å². The third-order valence-electron chi connectivity index (χ3n) is 3.54. The molecule has 1 amide bonds. The molecule has 4 nitrogen and oxygen atoms in total. The molecule has 1 aliphatic rings. The second-order valence-electron chi connectivity index (χ2n) is 5.05. The second kappa shape index (κ2) is 5.83. The highest BCUT2D eigenvalue weighted by Gasteiger charge is 2.34. The van der Waals surface area contributed by atoms with E-state index in [2.05, 4.69) is 5.43 Å². The standard InChI is InChI=1S/C15H16FN3OS/c16-13-5-1-4-12(14(13)18-17)15(20)19(10-6-7-10)9-11-3-2-8-21-11/h1-5,8,10,18H,6-7,9,17H2. The van der Waals surface area contributed by atoms with Gasteiger partial charge in [-0.15, -0.1) is 11.3 Å². The van der Waals surface area contributed by atoms with Crippen molar-refractivity contribution in [2.75, 3.05) is 5.43 Å². The van der Waals surface area contributed by atoms with Gasteiger partial charge in [0, 0.05) is 10.9 Å². The molecule has 0 spiro atoms. The van der Waals surface area contributed by atoms with E-state index >= 15 is 0 Å². The number of halogens is 1. The van der Waals surface area contributed by atoms with E-state index in [4.69, 9.17) is 5.84 Å². The number of nitrogens with two attached hydrogens (primary N) is 1. The maximum absolute atomic E-state index is 13.8. The Balaban J connectivity index is 1.89. The summed E-state index contributed by atoms with van der Waals surface area (Å²) in [6, 6.07) is 8.62. The van der Waals surface area contributed by atoms with Gasteiger partial charge in [0.1, 0.15) is 5.82 Å². The molecule has 1 heterocycles. The van der Waals surface area contributed by atoms with Crippen molar-refractivity contribution in [1.29, 1.82) is 0 Å². The van der Waals surface area contributed by atoms with E-state index in [9.17, 15) is 9.18 Å². The predicted octanol–water partition coefficient (Wildman–Crippen LogP) is 2.98. The summed E-state index contributed by atoms with van der Waals surface area (Å²) in [6.07, 6.45) is 2.00. The fourth-order valence-electron chi connectivity index (χ4n) is 2.33. The van der Waals surface area contributed by atoms with Crippen molar-refractivity contribution in [3.8, 4) is 0 Å². The molecular weight excluding hydrogens is 289 g/mol. The van der Waals surface area contributed by atoms with E-state index in [1.807, 2.05) is 17.5 Å². The van der Waals surface area contributed by atoms with Gasteiger partial charge in [0.05, 0.1) is 17.8 Å². The Kier molecular flexibility index (Phi) is 3.90. The smallest absolute Gasteiger partial charge is 0.256 e. The molecular formula is C15H16FN3OS. The number of benzene rings is 1. The average Bonchev–Trinajstić information content (AvgIpc) is 3.20. The summed E-state index contributed by atoms with van der Waals surface area (Å²) >= 11 is 1.61. The summed E-state index contributed by atoms with van der Waals surface area (Å²) in [5.41, 5.74) is 2.63. The zero-order chi connectivity index (χ0) is 14.8. The molecule has 1 aromatic carbocycles. The molecule has 0 radical (unpaired) electrons. The molecule has 3 N–H and O–H groups in total. The van der Waals surface area contributed by atoms with E-state index in [-0.39, 0.29) is 23.2 Å². The first-order valence-corrected chi connectivity index (χ1v) is 7.67. The van der Waals surface area contributed by atoms with Crippen LogP contribution in [0.3, 0.4) is 0 Å².